The number of amides is 2. The molecule has 0 radical (unpaired) electrons. The second-order valence-electron chi connectivity index (χ2n) is 9.44. The number of anilines is 2. The predicted octanol–water partition coefficient (Wildman–Crippen LogP) is 4.72. The average molecular weight is 509 g/mol. The summed E-state index contributed by atoms with van der Waals surface area (Å²) < 4.78 is 6.85. The first-order chi connectivity index (χ1) is 17.0. The molecule has 8 nitrogen and oxygen atoms in total. The van der Waals surface area contributed by atoms with Gasteiger partial charge in [-0.25, -0.2) is 4.68 Å². The zero-order chi connectivity index (χ0) is 26.3. The number of hydrogen-bond donors (Lipinski definition) is 2. The Bertz CT molecular complexity index is 1200. The Morgan fingerprint density at radius 3 is 2.31 bits per heavy atom. The van der Waals surface area contributed by atoms with Gasteiger partial charge in [-0.3, -0.25) is 14.4 Å². The Kier molecular flexibility index (Phi) is 8.93. The van der Waals surface area contributed by atoms with Crippen molar-refractivity contribution in [2.75, 3.05) is 23.0 Å². The van der Waals surface area contributed by atoms with Crippen LogP contribution >= 0.6 is 11.8 Å². The Morgan fingerprint density at radius 2 is 1.67 bits per heavy atom. The maximum Gasteiger partial charge on any atom is 0.319 e. The van der Waals surface area contributed by atoms with E-state index >= 15 is 0 Å². The molecule has 36 heavy (non-hydrogen) atoms. The van der Waals surface area contributed by atoms with E-state index in [9.17, 15) is 14.4 Å². The lowest BCUT2D eigenvalue weighted by Gasteiger charge is -2.14. The van der Waals surface area contributed by atoms with Gasteiger partial charge in [0.15, 0.2) is 6.61 Å². The standard InChI is InChI=1S/C27H32N4O4S/c1-18-11-13-20(14-12-18)28-25(33)17-36-19(2)26(34)35-16-24(32)29-23-15-22(27(3,4)5)30-31(23)21-9-7-6-8-10-21/h6-15,19H,16-17H2,1-5H3,(H,28,33)(H,29,32). The Morgan fingerprint density at radius 1 is 1.00 bits per heavy atom. The van der Waals surface area contributed by atoms with Crippen molar-refractivity contribution >= 4 is 41.1 Å². The molecule has 1 aromatic heterocycles. The van der Waals surface area contributed by atoms with Gasteiger partial charge < -0.3 is 15.4 Å². The average Bonchev–Trinajstić information content (AvgIpc) is 3.27. The number of esters is 1. The number of aryl methyl sites for hydroxylation is 1. The zero-order valence-corrected chi connectivity index (χ0v) is 22.0. The number of ether oxygens (including phenoxy) is 1. The molecular weight excluding hydrogens is 476 g/mol. The molecule has 0 aliphatic rings. The summed E-state index contributed by atoms with van der Waals surface area (Å²) in [5, 5.41) is 9.63. The van der Waals surface area contributed by atoms with Gasteiger partial charge in [0.05, 0.1) is 17.1 Å². The molecule has 0 bridgehead atoms. The lowest BCUT2D eigenvalue weighted by molar-refractivity contribution is -0.146. The van der Waals surface area contributed by atoms with Gasteiger partial charge in [0.1, 0.15) is 11.1 Å². The molecule has 0 saturated heterocycles. The van der Waals surface area contributed by atoms with Crippen molar-refractivity contribution in [1.82, 2.24) is 9.78 Å². The monoisotopic (exact) mass is 508 g/mol. The zero-order valence-electron chi connectivity index (χ0n) is 21.2. The molecule has 0 spiro atoms. The minimum Gasteiger partial charge on any atom is -0.455 e. The predicted molar refractivity (Wildman–Crippen MR) is 144 cm³/mol. The summed E-state index contributed by atoms with van der Waals surface area (Å²) in [7, 11) is 0. The highest BCUT2D eigenvalue weighted by atomic mass is 32.2. The number of carbonyl (C=O) groups is 3. The van der Waals surface area contributed by atoms with Crippen molar-refractivity contribution in [3.63, 3.8) is 0 Å². The number of hydrogen-bond acceptors (Lipinski definition) is 6. The number of aromatic nitrogens is 2. The van der Waals surface area contributed by atoms with Gasteiger partial charge >= 0.3 is 5.97 Å². The molecule has 3 aromatic rings. The van der Waals surface area contributed by atoms with Crippen molar-refractivity contribution in [2.24, 2.45) is 0 Å². The van der Waals surface area contributed by atoms with Crippen molar-refractivity contribution in [1.29, 1.82) is 0 Å². The highest BCUT2D eigenvalue weighted by Gasteiger charge is 2.22. The third kappa shape index (κ3) is 7.71. The molecule has 9 heteroatoms. The largest absolute Gasteiger partial charge is 0.455 e. The van der Waals surface area contributed by atoms with Gasteiger partial charge in [-0.1, -0.05) is 56.7 Å². The molecule has 1 heterocycles. The van der Waals surface area contributed by atoms with E-state index in [1.54, 1.807) is 11.6 Å². The number of thioether (sulfide) groups is 1. The Labute approximate surface area is 215 Å². The molecule has 1 atom stereocenters. The molecule has 0 saturated carbocycles. The molecule has 2 amide bonds. The number of benzene rings is 2. The van der Waals surface area contributed by atoms with Crippen LogP contribution in [0.25, 0.3) is 5.69 Å². The molecule has 3 rings (SSSR count). The quantitative estimate of drug-likeness (QED) is 0.406. The van der Waals surface area contributed by atoms with Crippen LogP contribution in [0.1, 0.15) is 39.0 Å². The lowest BCUT2D eigenvalue weighted by Crippen LogP contribution is -2.26. The van der Waals surface area contributed by atoms with Crippen LogP contribution in [0, 0.1) is 6.92 Å². The molecule has 1 unspecified atom stereocenters. The fourth-order valence-corrected chi connectivity index (χ4v) is 3.82. The van der Waals surface area contributed by atoms with Crippen LogP contribution in [0.5, 0.6) is 0 Å². The van der Waals surface area contributed by atoms with Crippen LogP contribution < -0.4 is 10.6 Å². The van der Waals surface area contributed by atoms with Crippen molar-refractivity contribution in [3.05, 3.63) is 71.9 Å². The molecule has 2 aromatic carbocycles. The first-order valence-electron chi connectivity index (χ1n) is 11.6. The van der Waals surface area contributed by atoms with E-state index in [1.165, 1.54) is 0 Å². The minimum absolute atomic E-state index is 0.0855. The highest BCUT2D eigenvalue weighted by molar-refractivity contribution is 8.01. The number of carbonyl (C=O) groups excluding carboxylic acids is 3. The second-order valence-corrected chi connectivity index (χ2v) is 10.8. The number of para-hydroxylation sites is 1. The van der Waals surface area contributed by atoms with Gasteiger partial charge in [0, 0.05) is 17.2 Å². The van der Waals surface area contributed by atoms with Gasteiger partial charge in [0.2, 0.25) is 5.91 Å². The van der Waals surface area contributed by atoms with Crippen LogP contribution in [0.3, 0.4) is 0 Å². The minimum atomic E-state index is -0.607. The summed E-state index contributed by atoms with van der Waals surface area (Å²) in [6, 6.07) is 18.7. The van der Waals surface area contributed by atoms with Gasteiger partial charge in [0.25, 0.3) is 5.91 Å². The third-order valence-corrected chi connectivity index (χ3v) is 6.34. The molecule has 0 fully saturated rings. The topological polar surface area (TPSA) is 102 Å². The summed E-state index contributed by atoms with van der Waals surface area (Å²) in [5.41, 5.74) is 3.19. The van der Waals surface area contributed by atoms with E-state index in [4.69, 9.17) is 4.74 Å². The molecule has 0 aliphatic heterocycles. The maximum atomic E-state index is 12.6. The van der Waals surface area contributed by atoms with Crippen LogP contribution in [0.2, 0.25) is 0 Å². The summed E-state index contributed by atoms with van der Waals surface area (Å²) in [6.07, 6.45) is 0. The van der Waals surface area contributed by atoms with Crippen molar-refractivity contribution in [2.45, 2.75) is 45.3 Å². The molecule has 190 valence electrons. The third-order valence-electron chi connectivity index (χ3n) is 5.22. The summed E-state index contributed by atoms with van der Waals surface area (Å²) >= 11 is 1.14. The van der Waals surface area contributed by atoms with E-state index in [0.29, 0.717) is 11.5 Å². The Balaban J connectivity index is 1.51. The Hall–Kier alpha value is -3.59. The SMILES string of the molecule is Cc1ccc(NC(=O)CSC(C)C(=O)OCC(=O)Nc2cc(C(C)(C)C)nn2-c2ccccc2)cc1. The fraction of sp³-hybridized carbons (Fsp3) is 0.333. The van der Waals surface area contributed by atoms with Crippen LogP contribution in [-0.4, -0.2) is 45.2 Å². The summed E-state index contributed by atoms with van der Waals surface area (Å²) in [5.74, 6) is -0.685. The van der Waals surface area contributed by atoms with Gasteiger partial charge in [-0.2, -0.15) is 5.10 Å². The summed E-state index contributed by atoms with van der Waals surface area (Å²) in [6.45, 7) is 9.29. The van der Waals surface area contributed by atoms with E-state index in [2.05, 4.69) is 15.7 Å². The van der Waals surface area contributed by atoms with E-state index < -0.39 is 23.7 Å². The number of nitrogens with zero attached hydrogens (tertiary/aromatic N) is 2. The van der Waals surface area contributed by atoms with Crippen LogP contribution in [0.4, 0.5) is 11.5 Å². The van der Waals surface area contributed by atoms with Crippen LogP contribution in [-0.2, 0) is 24.5 Å². The first kappa shape index (κ1) is 27.0. The number of nitrogens with one attached hydrogen (secondary N) is 2. The maximum absolute atomic E-state index is 12.6. The number of rotatable bonds is 9. The molecule has 0 aliphatic carbocycles. The van der Waals surface area contributed by atoms with Gasteiger partial charge in [-0.15, -0.1) is 11.8 Å². The lowest BCUT2D eigenvalue weighted by atomic mass is 9.92. The first-order valence-corrected chi connectivity index (χ1v) is 12.7. The fourth-order valence-electron chi connectivity index (χ4n) is 3.14. The highest BCUT2D eigenvalue weighted by Crippen LogP contribution is 2.26. The van der Waals surface area contributed by atoms with Crippen molar-refractivity contribution < 1.29 is 19.1 Å². The van der Waals surface area contributed by atoms with E-state index in [-0.39, 0.29) is 17.1 Å². The van der Waals surface area contributed by atoms with Gasteiger partial charge in [-0.05, 0) is 38.1 Å². The smallest absolute Gasteiger partial charge is 0.319 e. The van der Waals surface area contributed by atoms with Crippen molar-refractivity contribution in [3.8, 4) is 5.69 Å². The van der Waals surface area contributed by atoms with E-state index in [0.717, 1.165) is 28.7 Å². The van der Waals surface area contributed by atoms with Crippen LogP contribution in [0.15, 0.2) is 60.7 Å². The summed E-state index contributed by atoms with van der Waals surface area (Å²) in [4.78, 5) is 37.1. The second kappa shape index (κ2) is 11.9. The molecule has 2 N–H and O–H groups in total. The van der Waals surface area contributed by atoms with E-state index in [1.807, 2.05) is 88.4 Å². The normalized spacial score (nSPS) is 12.0. The molecular formula is C27H32N4O4S.